The summed E-state index contributed by atoms with van der Waals surface area (Å²) in [7, 11) is -3.02. The van der Waals surface area contributed by atoms with E-state index in [-0.39, 0.29) is 29.9 Å². The monoisotopic (exact) mass is 304 g/mol. The van der Waals surface area contributed by atoms with Gasteiger partial charge in [-0.15, -0.1) is 0 Å². The molecule has 2 N–H and O–H groups in total. The average molecular weight is 304 g/mol. The van der Waals surface area contributed by atoms with E-state index < -0.39 is 21.0 Å². The first-order chi connectivity index (χ1) is 9.04. The van der Waals surface area contributed by atoms with E-state index in [1.54, 1.807) is 6.92 Å². The van der Waals surface area contributed by atoms with E-state index in [9.17, 15) is 18.3 Å². The summed E-state index contributed by atoms with van der Waals surface area (Å²) in [6.07, 6.45) is 0.469. The Balaban J connectivity index is 1.81. The number of nitrogens with one attached hydrogen (secondary N) is 1. The van der Waals surface area contributed by atoms with Crippen molar-refractivity contribution in [2.45, 2.75) is 38.3 Å². The minimum absolute atomic E-state index is 0.0155. The zero-order valence-corrected chi connectivity index (χ0v) is 13.2. The second-order valence-electron chi connectivity index (χ2n) is 6.85. The Hall–Kier alpha value is -0.660. The molecule has 0 bridgehead atoms. The van der Waals surface area contributed by atoms with Crippen LogP contribution in [0.1, 0.15) is 27.2 Å². The van der Waals surface area contributed by atoms with Crippen molar-refractivity contribution in [3.8, 4) is 0 Å². The number of nitrogens with zero attached hydrogens (tertiary/aromatic N) is 1. The lowest BCUT2D eigenvalue weighted by atomic mass is 9.83. The number of rotatable bonds is 4. The molecule has 0 aromatic carbocycles. The fourth-order valence-corrected chi connectivity index (χ4v) is 4.99. The van der Waals surface area contributed by atoms with Crippen LogP contribution in [0.5, 0.6) is 0 Å². The van der Waals surface area contributed by atoms with Crippen molar-refractivity contribution in [3.63, 3.8) is 0 Å². The quantitative estimate of drug-likeness (QED) is 0.723. The molecule has 2 aliphatic rings. The van der Waals surface area contributed by atoms with Crippen molar-refractivity contribution in [2.24, 2.45) is 5.92 Å². The van der Waals surface area contributed by atoms with Gasteiger partial charge >= 0.3 is 0 Å². The van der Waals surface area contributed by atoms with Crippen LogP contribution in [-0.4, -0.2) is 66.6 Å². The van der Waals surface area contributed by atoms with Gasteiger partial charge in [-0.2, -0.15) is 0 Å². The van der Waals surface area contributed by atoms with Gasteiger partial charge in [0.15, 0.2) is 9.84 Å². The minimum atomic E-state index is -3.02. The molecule has 116 valence electrons. The molecular formula is C13H24N2O4S. The topological polar surface area (TPSA) is 86.7 Å². The molecule has 1 amide bonds. The second-order valence-corrected chi connectivity index (χ2v) is 9.04. The molecule has 6 nitrogen and oxygen atoms in total. The van der Waals surface area contributed by atoms with Gasteiger partial charge < -0.3 is 10.4 Å². The van der Waals surface area contributed by atoms with Gasteiger partial charge in [0.2, 0.25) is 5.91 Å². The standard InChI is InChI=1S/C13H24N2O4S/c1-10(2)13(17)7-15(8-13)6-11(16)14-12(3)4-5-20(18,19)9-12/h10,17H,4-9H2,1-3H3,(H,14,16). The lowest BCUT2D eigenvalue weighted by Gasteiger charge is -2.49. The first kappa shape index (κ1) is 15.7. The number of amides is 1. The number of carbonyl (C=O) groups is 1. The molecule has 0 aliphatic carbocycles. The van der Waals surface area contributed by atoms with Crippen LogP contribution in [0, 0.1) is 5.92 Å². The number of likely N-dealkylation sites (tertiary alicyclic amines) is 1. The van der Waals surface area contributed by atoms with E-state index in [4.69, 9.17) is 0 Å². The maximum absolute atomic E-state index is 12.0. The van der Waals surface area contributed by atoms with E-state index in [2.05, 4.69) is 5.32 Å². The van der Waals surface area contributed by atoms with Crippen LogP contribution in [0.25, 0.3) is 0 Å². The third kappa shape index (κ3) is 3.32. The summed E-state index contributed by atoms with van der Waals surface area (Å²) >= 11 is 0. The molecule has 2 rings (SSSR count). The molecule has 1 unspecified atom stereocenters. The zero-order valence-electron chi connectivity index (χ0n) is 12.3. The first-order valence-corrected chi connectivity index (χ1v) is 8.82. The third-order valence-corrected chi connectivity index (χ3v) is 6.28. The zero-order chi connectivity index (χ0) is 15.2. The molecule has 2 saturated heterocycles. The first-order valence-electron chi connectivity index (χ1n) is 7.00. The highest BCUT2D eigenvalue weighted by molar-refractivity contribution is 7.91. The summed E-state index contributed by atoms with van der Waals surface area (Å²) < 4.78 is 23.0. The summed E-state index contributed by atoms with van der Waals surface area (Å²) in [5.74, 6) is 0.150. The van der Waals surface area contributed by atoms with Crippen LogP contribution in [-0.2, 0) is 14.6 Å². The van der Waals surface area contributed by atoms with Crippen LogP contribution >= 0.6 is 0 Å². The fourth-order valence-electron chi connectivity index (χ4n) is 2.89. The van der Waals surface area contributed by atoms with Gasteiger partial charge in [-0.3, -0.25) is 9.69 Å². The maximum Gasteiger partial charge on any atom is 0.234 e. The highest BCUT2D eigenvalue weighted by Gasteiger charge is 2.45. The fraction of sp³-hybridized carbons (Fsp3) is 0.923. The Labute approximate surface area is 120 Å². The van der Waals surface area contributed by atoms with E-state index in [1.807, 2.05) is 18.7 Å². The van der Waals surface area contributed by atoms with Gasteiger partial charge in [-0.1, -0.05) is 13.8 Å². The third-order valence-electron chi connectivity index (χ3n) is 4.38. The molecular weight excluding hydrogens is 280 g/mol. The highest BCUT2D eigenvalue weighted by atomic mass is 32.2. The largest absolute Gasteiger partial charge is 0.387 e. The van der Waals surface area contributed by atoms with Crippen LogP contribution in [0.4, 0.5) is 0 Å². The van der Waals surface area contributed by atoms with Gasteiger partial charge in [-0.25, -0.2) is 8.42 Å². The van der Waals surface area contributed by atoms with Crippen LogP contribution < -0.4 is 5.32 Å². The SMILES string of the molecule is CC(C)C1(O)CN(CC(=O)NC2(C)CCS(=O)(=O)C2)C1. The minimum Gasteiger partial charge on any atom is -0.387 e. The van der Waals surface area contributed by atoms with Gasteiger partial charge in [0.05, 0.1) is 29.2 Å². The summed E-state index contributed by atoms with van der Waals surface area (Å²) in [4.78, 5) is 13.8. The van der Waals surface area contributed by atoms with Gasteiger partial charge in [0.1, 0.15) is 0 Å². The summed E-state index contributed by atoms with van der Waals surface area (Å²) in [6, 6.07) is 0. The van der Waals surface area contributed by atoms with Crippen molar-refractivity contribution in [3.05, 3.63) is 0 Å². The molecule has 2 fully saturated rings. The van der Waals surface area contributed by atoms with Gasteiger partial charge in [-0.05, 0) is 19.3 Å². The number of aliphatic hydroxyl groups is 1. The summed E-state index contributed by atoms with van der Waals surface area (Å²) in [6.45, 7) is 6.89. The molecule has 2 heterocycles. The van der Waals surface area contributed by atoms with Crippen molar-refractivity contribution in [1.82, 2.24) is 10.2 Å². The summed E-state index contributed by atoms with van der Waals surface area (Å²) in [5.41, 5.74) is -1.34. The Bertz CT molecular complexity index is 497. The van der Waals surface area contributed by atoms with Crippen LogP contribution in [0.2, 0.25) is 0 Å². The highest BCUT2D eigenvalue weighted by Crippen LogP contribution is 2.28. The average Bonchev–Trinajstić information content (AvgIpc) is 2.49. The molecule has 0 radical (unpaired) electrons. The Morgan fingerprint density at radius 1 is 1.40 bits per heavy atom. The van der Waals surface area contributed by atoms with Crippen molar-refractivity contribution < 1.29 is 18.3 Å². The molecule has 7 heteroatoms. The van der Waals surface area contributed by atoms with Crippen LogP contribution in [0.15, 0.2) is 0 Å². The normalized spacial score (nSPS) is 32.0. The number of β-amino-alcohol motifs (C(OH)–C–C–N with tert-alkyl or cyclic N) is 1. The molecule has 0 aromatic heterocycles. The Kier molecular flexibility index (Phi) is 3.90. The molecule has 2 aliphatic heterocycles. The van der Waals surface area contributed by atoms with E-state index in [0.717, 1.165) is 0 Å². The van der Waals surface area contributed by atoms with E-state index in [1.165, 1.54) is 0 Å². The summed E-state index contributed by atoms with van der Waals surface area (Å²) in [5, 5.41) is 12.9. The Morgan fingerprint density at radius 2 is 2.00 bits per heavy atom. The maximum atomic E-state index is 12.0. The number of hydrogen-bond donors (Lipinski definition) is 2. The number of hydrogen-bond acceptors (Lipinski definition) is 5. The van der Waals surface area contributed by atoms with Crippen molar-refractivity contribution in [2.75, 3.05) is 31.1 Å². The Morgan fingerprint density at radius 3 is 2.45 bits per heavy atom. The van der Waals surface area contributed by atoms with Crippen molar-refractivity contribution in [1.29, 1.82) is 0 Å². The second kappa shape index (κ2) is 4.96. The lowest BCUT2D eigenvalue weighted by molar-refractivity contribution is -0.143. The lowest BCUT2D eigenvalue weighted by Crippen LogP contribution is -2.66. The van der Waals surface area contributed by atoms with Crippen molar-refractivity contribution >= 4 is 15.7 Å². The van der Waals surface area contributed by atoms with E-state index in [0.29, 0.717) is 19.5 Å². The molecule has 0 aromatic rings. The van der Waals surface area contributed by atoms with Gasteiger partial charge in [0.25, 0.3) is 0 Å². The van der Waals surface area contributed by atoms with Crippen LogP contribution in [0.3, 0.4) is 0 Å². The predicted octanol–water partition coefficient (Wildman–Crippen LogP) is -0.617. The molecule has 0 saturated carbocycles. The van der Waals surface area contributed by atoms with Gasteiger partial charge in [0, 0.05) is 13.1 Å². The van der Waals surface area contributed by atoms with E-state index >= 15 is 0 Å². The smallest absolute Gasteiger partial charge is 0.234 e. The molecule has 0 spiro atoms. The number of sulfone groups is 1. The molecule has 20 heavy (non-hydrogen) atoms. The predicted molar refractivity (Wildman–Crippen MR) is 76.0 cm³/mol. The molecule has 1 atom stereocenters. The number of carbonyl (C=O) groups excluding carboxylic acids is 1.